The largest absolute Gasteiger partial charge is 0.493 e. The number of hydrogen-bond donors (Lipinski definition) is 2. The van der Waals surface area contributed by atoms with Crippen molar-refractivity contribution in [3.8, 4) is 17.2 Å². The lowest BCUT2D eigenvalue weighted by atomic mass is 9.93. The van der Waals surface area contributed by atoms with Crippen LogP contribution in [0, 0.1) is 5.92 Å². The molecule has 0 radical (unpaired) electrons. The van der Waals surface area contributed by atoms with Crippen molar-refractivity contribution in [1.82, 2.24) is 10.2 Å². The number of likely N-dealkylation sites (tertiary alicyclic amines) is 1. The minimum Gasteiger partial charge on any atom is -0.493 e. The van der Waals surface area contributed by atoms with Gasteiger partial charge in [0.1, 0.15) is 0 Å². The van der Waals surface area contributed by atoms with Crippen LogP contribution in [0.2, 0.25) is 0 Å². The second-order valence-electron chi connectivity index (χ2n) is 6.57. The van der Waals surface area contributed by atoms with E-state index in [-0.39, 0.29) is 18.3 Å². The molecule has 1 aromatic carbocycles. The lowest BCUT2D eigenvalue weighted by molar-refractivity contribution is -0.117. The van der Waals surface area contributed by atoms with Crippen LogP contribution in [-0.2, 0) is 4.79 Å². The second-order valence-corrected chi connectivity index (χ2v) is 6.57. The molecular weight excluding hydrogens is 370 g/mol. The van der Waals surface area contributed by atoms with Gasteiger partial charge in [0.15, 0.2) is 11.5 Å². The van der Waals surface area contributed by atoms with Crippen LogP contribution >= 0.6 is 12.4 Å². The van der Waals surface area contributed by atoms with Gasteiger partial charge in [-0.2, -0.15) is 0 Å². The van der Waals surface area contributed by atoms with Crippen molar-refractivity contribution in [3.63, 3.8) is 0 Å². The van der Waals surface area contributed by atoms with Gasteiger partial charge in [-0.05, 0) is 51.9 Å². The van der Waals surface area contributed by atoms with E-state index in [9.17, 15) is 4.79 Å². The third kappa shape index (κ3) is 6.75. The number of piperidine rings is 1. The summed E-state index contributed by atoms with van der Waals surface area (Å²) in [7, 11) is 6.66. The van der Waals surface area contributed by atoms with E-state index in [1.807, 2.05) is 7.05 Å². The van der Waals surface area contributed by atoms with Gasteiger partial charge in [0.2, 0.25) is 11.7 Å². The number of halogens is 1. The molecule has 1 aliphatic heterocycles. The molecule has 1 amide bonds. The van der Waals surface area contributed by atoms with E-state index in [4.69, 9.17) is 14.2 Å². The Morgan fingerprint density at radius 2 is 1.70 bits per heavy atom. The number of nitrogens with one attached hydrogen (secondary N) is 2. The van der Waals surface area contributed by atoms with Gasteiger partial charge in [0, 0.05) is 17.8 Å². The van der Waals surface area contributed by atoms with Gasteiger partial charge in [-0.25, -0.2) is 0 Å². The first-order valence-corrected chi connectivity index (χ1v) is 9.08. The highest BCUT2D eigenvalue weighted by atomic mass is 35.5. The SMILES string of the molecule is CNCCC1CCN(CC(=O)Nc2cc(OC)c(OC)c(OC)c2)CC1.Cl. The monoisotopic (exact) mass is 401 g/mol. The molecule has 0 unspecified atom stereocenters. The lowest BCUT2D eigenvalue weighted by Gasteiger charge is -2.31. The fourth-order valence-corrected chi connectivity index (χ4v) is 3.34. The molecule has 1 aliphatic rings. The maximum atomic E-state index is 12.4. The summed E-state index contributed by atoms with van der Waals surface area (Å²) < 4.78 is 15.9. The van der Waals surface area contributed by atoms with E-state index >= 15 is 0 Å². The first-order chi connectivity index (χ1) is 12.6. The number of carbonyl (C=O) groups excluding carboxylic acids is 1. The van der Waals surface area contributed by atoms with Gasteiger partial charge in [-0.3, -0.25) is 9.69 Å². The van der Waals surface area contributed by atoms with E-state index in [1.165, 1.54) is 6.42 Å². The number of benzene rings is 1. The zero-order valence-corrected chi connectivity index (χ0v) is 17.5. The summed E-state index contributed by atoms with van der Waals surface area (Å²) in [6.07, 6.45) is 3.51. The van der Waals surface area contributed by atoms with E-state index < -0.39 is 0 Å². The molecule has 0 atom stereocenters. The molecule has 1 aromatic rings. The smallest absolute Gasteiger partial charge is 0.238 e. The molecule has 27 heavy (non-hydrogen) atoms. The zero-order chi connectivity index (χ0) is 18.9. The molecule has 0 aromatic heterocycles. The highest BCUT2D eigenvalue weighted by Crippen LogP contribution is 2.39. The topological polar surface area (TPSA) is 72.1 Å². The van der Waals surface area contributed by atoms with Crippen LogP contribution < -0.4 is 24.8 Å². The maximum absolute atomic E-state index is 12.4. The third-order valence-corrected chi connectivity index (χ3v) is 4.83. The molecule has 0 saturated carbocycles. The van der Waals surface area contributed by atoms with E-state index in [0.717, 1.165) is 38.4 Å². The number of carbonyl (C=O) groups is 1. The Bertz CT molecular complexity index is 567. The molecular formula is C19H32ClN3O4. The highest BCUT2D eigenvalue weighted by molar-refractivity contribution is 5.93. The Morgan fingerprint density at radius 3 is 2.19 bits per heavy atom. The molecule has 1 saturated heterocycles. The van der Waals surface area contributed by atoms with Crippen LogP contribution in [0.15, 0.2) is 12.1 Å². The van der Waals surface area contributed by atoms with Crippen LogP contribution in [-0.4, -0.2) is 65.4 Å². The molecule has 2 rings (SSSR count). The average Bonchev–Trinajstić information content (AvgIpc) is 2.66. The zero-order valence-electron chi connectivity index (χ0n) is 16.7. The Labute approximate surface area is 168 Å². The summed E-state index contributed by atoms with van der Waals surface area (Å²) >= 11 is 0. The minimum absolute atomic E-state index is 0. The molecule has 154 valence electrons. The second kappa shape index (κ2) is 11.9. The molecule has 0 spiro atoms. The summed E-state index contributed by atoms with van der Waals surface area (Å²) in [6.45, 7) is 3.40. The number of nitrogens with zero attached hydrogens (tertiary/aromatic N) is 1. The summed E-state index contributed by atoms with van der Waals surface area (Å²) in [5.74, 6) is 2.28. The maximum Gasteiger partial charge on any atom is 0.238 e. The Hall–Kier alpha value is -1.70. The standard InChI is InChI=1S/C19H31N3O4.ClH/c1-20-8-5-14-6-9-22(10-7-14)13-18(23)21-15-11-16(24-2)19(26-4)17(12-15)25-3;/h11-12,14,20H,5-10,13H2,1-4H3,(H,21,23);1H. The fourth-order valence-electron chi connectivity index (χ4n) is 3.34. The molecule has 0 bridgehead atoms. The van der Waals surface area contributed by atoms with E-state index in [2.05, 4.69) is 15.5 Å². The van der Waals surface area contributed by atoms with Crippen molar-refractivity contribution in [2.24, 2.45) is 5.92 Å². The predicted octanol–water partition coefficient (Wildman–Crippen LogP) is 2.39. The lowest BCUT2D eigenvalue weighted by Crippen LogP contribution is -2.39. The highest BCUT2D eigenvalue weighted by Gasteiger charge is 2.21. The number of rotatable bonds is 9. The van der Waals surface area contributed by atoms with Crippen molar-refractivity contribution in [2.45, 2.75) is 19.3 Å². The normalized spacial score (nSPS) is 15.0. The number of anilines is 1. The molecule has 8 heteroatoms. The van der Waals surface area contributed by atoms with Crippen molar-refractivity contribution in [1.29, 1.82) is 0 Å². The molecule has 1 fully saturated rings. The molecule has 2 N–H and O–H groups in total. The van der Waals surface area contributed by atoms with Gasteiger partial charge in [0.25, 0.3) is 0 Å². The van der Waals surface area contributed by atoms with Crippen LogP contribution in [0.4, 0.5) is 5.69 Å². The van der Waals surface area contributed by atoms with Crippen LogP contribution in [0.5, 0.6) is 17.2 Å². The Balaban J connectivity index is 0.00000364. The summed E-state index contributed by atoms with van der Waals surface area (Å²) in [6, 6.07) is 3.48. The first-order valence-electron chi connectivity index (χ1n) is 9.08. The van der Waals surface area contributed by atoms with Gasteiger partial charge in [-0.15, -0.1) is 12.4 Å². The Kier molecular flexibility index (Phi) is 10.3. The summed E-state index contributed by atoms with van der Waals surface area (Å²) in [4.78, 5) is 14.6. The van der Waals surface area contributed by atoms with Gasteiger partial charge in [-0.1, -0.05) is 0 Å². The van der Waals surface area contributed by atoms with Gasteiger partial charge in [0.05, 0.1) is 27.9 Å². The number of hydrogen-bond acceptors (Lipinski definition) is 6. The van der Waals surface area contributed by atoms with Crippen molar-refractivity contribution in [3.05, 3.63) is 12.1 Å². The summed E-state index contributed by atoms with van der Waals surface area (Å²) in [5.41, 5.74) is 0.633. The fraction of sp³-hybridized carbons (Fsp3) is 0.632. The predicted molar refractivity (Wildman–Crippen MR) is 110 cm³/mol. The average molecular weight is 402 g/mol. The van der Waals surface area contributed by atoms with Gasteiger partial charge >= 0.3 is 0 Å². The van der Waals surface area contributed by atoms with Crippen molar-refractivity contribution < 1.29 is 19.0 Å². The van der Waals surface area contributed by atoms with Crippen molar-refractivity contribution >= 4 is 24.0 Å². The molecule has 0 aliphatic carbocycles. The first kappa shape index (κ1) is 23.3. The molecule has 1 heterocycles. The van der Waals surface area contributed by atoms with Crippen LogP contribution in [0.3, 0.4) is 0 Å². The van der Waals surface area contributed by atoms with E-state index in [1.54, 1.807) is 33.5 Å². The van der Waals surface area contributed by atoms with Crippen molar-refractivity contribution in [2.75, 3.05) is 59.9 Å². The van der Waals surface area contributed by atoms with Crippen LogP contribution in [0.1, 0.15) is 19.3 Å². The Morgan fingerprint density at radius 1 is 1.11 bits per heavy atom. The number of amides is 1. The molecule has 7 nitrogen and oxygen atoms in total. The van der Waals surface area contributed by atoms with Gasteiger partial charge < -0.3 is 24.8 Å². The number of methoxy groups -OCH3 is 3. The van der Waals surface area contributed by atoms with E-state index in [0.29, 0.717) is 29.5 Å². The summed E-state index contributed by atoms with van der Waals surface area (Å²) in [5, 5.41) is 6.13. The third-order valence-electron chi connectivity index (χ3n) is 4.83. The minimum atomic E-state index is -0.0343. The number of ether oxygens (including phenoxy) is 3. The van der Waals surface area contributed by atoms with Crippen LogP contribution in [0.25, 0.3) is 0 Å². The quantitative estimate of drug-likeness (QED) is 0.662.